The maximum atomic E-state index is 12.0. The minimum Gasteiger partial charge on any atom is -0.335 e. The van der Waals surface area contributed by atoms with Gasteiger partial charge in [-0.3, -0.25) is 14.9 Å². The Hall–Kier alpha value is -3.68. The van der Waals surface area contributed by atoms with Crippen LogP contribution in [0.25, 0.3) is 6.08 Å². The second-order valence-electron chi connectivity index (χ2n) is 6.09. The van der Waals surface area contributed by atoms with Gasteiger partial charge in [0.05, 0.1) is 10.5 Å². The number of urea groups is 1. The average molecular weight is 366 g/mol. The lowest BCUT2D eigenvalue weighted by molar-refractivity contribution is -0.385. The maximum absolute atomic E-state index is 12.0. The van der Waals surface area contributed by atoms with E-state index < -0.39 is 10.8 Å². The normalized spacial score (nSPS) is 13.2. The number of rotatable bonds is 6. The van der Waals surface area contributed by atoms with Crippen molar-refractivity contribution < 1.29 is 14.5 Å². The maximum Gasteiger partial charge on any atom is 0.319 e. The minimum absolute atomic E-state index is 0.0681. The van der Waals surface area contributed by atoms with Crippen LogP contribution in [0.1, 0.15) is 18.4 Å². The third-order valence-electron chi connectivity index (χ3n) is 3.87. The lowest BCUT2D eigenvalue weighted by Crippen LogP contribution is -2.30. The molecule has 1 fully saturated rings. The SMILES string of the molecule is O=C(/C=C/c1ccccc1[N+](=O)[O-])Nc1ccc(NC(=O)NC2CC2)cc1. The first-order chi connectivity index (χ1) is 13.0. The second kappa shape index (κ2) is 8.13. The van der Waals surface area contributed by atoms with Gasteiger partial charge in [-0.25, -0.2) is 4.79 Å². The predicted molar refractivity (Wildman–Crippen MR) is 102 cm³/mol. The van der Waals surface area contributed by atoms with Gasteiger partial charge in [0, 0.05) is 29.6 Å². The van der Waals surface area contributed by atoms with Crippen molar-refractivity contribution in [3.8, 4) is 0 Å². The van der Waals surface area contributed by atoms with E-state index in [2.05, 4.69) is 16.0 Å². The standard InChI is InChI=1S/C19H18N4O4/c24-18(12-5-13-3-1-2-4-17(13)23(26)27)20-14-6-8-15(9-7-14)21-19(25)22-16-10-11-16/h1-9,12,16H,10-11H2,(H,20,24)(H2,21,22,25)/b12-5+. The van der Waals surface area contributed by atoms with E-state index >= 15 is 0 Å². The number of hydrogen-bond acceptors (Lipinski definition) is 4. The van der Waals surface area contributed by atoms with Gasteiger partial charge in [0.1, 0.15) is 0 Å². The molecule has 1 aliphatic carbocycles. The molecule has 0 unspecified atom stereocenters. The number of carbonyl (C=O) groups excluding carboxylic acids is 2. The van der Waals surface area contributed by atoms with E-state index in [0.717, 1.165) is 12.8 Å². The number of benzene rings is 2. The molecular formula is C19H18N4O4. The molecule has 1 saturated carbocycles. The van der Waals surface area contributed by atoms with Crippen LogP contribution in [0.4, 0.5) is 21.9 Å². The Morgan fingerprint density at radius 3 is 2.26 bits per heavy atom. The smallest absolute Gasteiger partial charge is 0.319 e. The average Bonchev–Trinajstić information content (AvgIpc) is 3.45. The molecule has 0 bridgehead atoms. The van der Waals surface area contributed by atoms with Crippen LogP contribution in [0.15, 0.2) is 54.6 Å². The number of amides is 3. The molecule has 0 aliphatic heterocycles. The zero-order valence-corrected chi connectivity index (χ0v) is 14.3. The minimum atomic E-state index is -0.497. The van der Waals surface area contributed by atoms with E-state index in [1.807, 2.05) is 0 Å². The number of nitrogens with zero attached hydrogens (tertiary/aromatic N) is 1. The van der Waals surface area contributed by atoms with Gasteiger partial charge in [-0.15, -0.1) is 0 Å². The van der Waals surface area contributed by atoms with Crippen molar-refractivity contribution in [3.63, 3.8) is 0 Å². The van der Waals surface area contributed by atoms with Gasteiger partial charge in [-0.1, -0.05) is 12.1 Å². The Balaban J connectivity index is 1.56. The summed E-state index contributed by atoms with van der Waals surface area (Å²) in [4.78, 5) is 34.1. The van der Waals surface area contributed by atoms with E-state index in [-0.39, 0.29) is 17.8 Å². The van der Waals surface area contributed by atoms with Crippen molar-refractivity contribution in [2.24, 2.45) is 0 Å². The summed E-state index contributed by atoms with van der Waals surface area (Å²) in [6.45, 7) is 0. The first kappa shape index (κ1) is 18.1. The number of nitro groups is 1. The largest absolute Gasteiger partial charge is 0.335 e. The zero-order chi connectivity index (χ0) is 19.2. The number of hydrogen-bond donors (Lipinski definition) is 3. The summed E-state index contributed by atoms with van der Waals surface area (Å²) >= 11 is 0. The van der Waals surface area contributed by atoms with Crippen molar-refractivity contribution in [1.29, 1.82) is 0 Å². The summed E-state index contributed by atoms with van der Waals surface area (Å²) in [5.41, 5.74) is 1.43. The molecule has 3 rings (SSSR count). The van der Waals surface area contributed by atoms with Crippen LogP contribution in [-0.2, 0) is 4.79 Å². The number of anilines is 2. The summed E-state index contributed by atoms with van der Waals surface area (Å²) in [6.07, 6.45) is 4.65. The fourth-order valence-corrected chi connectivity index (χ4v) is 2.36. The molecular weight excluding hydrogens is 348 g/mol. The fourth-order valence-electron chi connectivity index (χ4n) is 2.36. The molecule has 3 amide bonds. The highest BCUT2D eigenvalue weighted by Crippen LogP contribution is 2.20. The van der Waals surface area contributed by atoms with Crippen molar-refractivity contribution in [1.82, 2.24) is 5.32 Å². The van der Waals surface area contributed by atoms with Crippen LogP contribution < -0.4 is 16.0 Å². The highest BCUT2D eigenvalue weighted by molar-refractivity contribution is 6.02. The molecule has 138 valence electrons. The Morgan fingerprint density at radius 1 is 1.00 bits per heavy atom. The summed E-state index contributed by atoms with van der Waals surface area (Å²) in [5, 5.41) is 19.2. The summed E-state index contributed by atoms with van der Waals surface area (Å²) in [7, 11) is 0. The Kier molecular flexibility index (Phi) is 5.46. The van der Waals surface area contributed by atoms with Gasteiger partial charge in [0.25, 0.3) is 5.69 Å². The molecule has 0 saturated heterocycles. The quantitative estimate of drug-likeness (QED) is 0.412. The Bertz CT molecular complexity index is 889. The molecule has 27 heavy (non-hydrogen) atoms. The van der Waals surface area contributed by atoms with Gasteiger partial charge in [0.15, 0.2) is 0 Å². The third kappa shape index (κ3) is 5.40. The molecule has 0 heterocycles. The van der Waals surface area contributed by atoms with Crippen LogP contribution in [0.3, 0.4) is 0 Å². The fraction of sp³-hybridized carbons (Fsp3) is 0.158. The van der Waals surface area contributed by atoms with Crippen molar-refractivity contribution >= 4 is 35.1 Å². The molecule has 0 radical (unpaired) electrons. The lowest BCUT2D eigenvalue weighted by atomic mass is 10.1. The Labute approximate surface area is 155 Å². The summed E-state index contributed by atoms with van der Waals surface area (Å²) < 4.78 is 0. The van der Waals surface area contributed by atoms with E-state index in [9.17, 15) is 19.7 Å². The number of nitro benzene ring substituents is 1. The monoisotopic (exact) mass is 366 g/mol. The molecule has 8 heteroatoms. The number of carbonyl (C=O) groups is 2. The molecule has 1 aliphatic rings. The number of para-hydroxylation sites is 1. The van der Waals surface area contributed by atoms with Gasteiger partial charge in [-0.2, -0.15) is 0 Å². The van der Waals surface area contributed by atoms with Crippen LogP contribution >= 0.6 is 0 Å². The summed E-state index contributed by atoms with van der Waals surface area (Å²) in [6, 6.07) is 12.9. The molecule has 3 N–H and O–H groups in total. The molecule has 0 atom stereocenters. The zero-order valence-electron chi connectivity index (χ0n) is 14.3. The van der Waals surface area contributed by atoms with E-state index in [0.29, 0.717) is 16.9 Å². The molecule has 2 aromatic rings. The van der Waals surface area contributed by atoms with E-state index in [4.69, 9.17) is 0 Å². The molecule has 0 spiro atoms. The Morgan fingerprint density at radius 2 is 1.63 bits per heavy atom. The van der Waals surface area contributed by atoms with Crippen LogP contribution in [-0.4, -0.2) is 22.9 Å². The van der Waals surface area contributed by atoms with Crippen LogP contribution in [0.5, 0.6) is 0 Å². The highest BCUT2D eigenvalue weighted by Gasteiger charge is 2.23. The van der Waals surface area contributed by atoms with E-state index in [1.54, 1.807) is 42.5 Å². The van der Waals surface area contributed by atoms with Crippen molar-refractivity contribution in [2.45, 2.75) is 18.9 Å². The predicted octanol–water partition coefficient (Wildman–Crippen LogP) is 3.53. The highest BCUT2D eigenvalue weighted by atomic mass is 16.6. The lowest BCUT2D eigenvalue weighted by Gasteiger charge is -2.08. The molecule has 0 aromatic heterocycles. The van der Waals surface area contributed by atoms with Gasteiger partial charge in [-0.05, 0) is 49.2 Å². The van der Waals surface area contributed by atoms with Gasteiger partial charge < -0.3 is 16.0 Å². The van der Waals surface area contributed by atoms with Gasteiger partial charge >= 0.3 is 6.03 Å². The summed E-state index contributed by atoms with van der Waals surface area (Å²) in [5.74, 6) is -0.416. The van der Waals surface area contributed by atoms with E-state index in [1.165, 1.54) is 18.2 Å². The van der Waals surface area contributed by atoms with Crippen LogP contribution in [0, 0.1) is 10.1 Å². The van der Waals surface area contributed by atoms with Crippen molar-refractivity contribution in [3.05, 3.63) is 70.3 Å². The first-order valence-electron chi connectivity index (χ1n) is 8.41. The topological polar surface area (TPSA) is 113 Å². The van der Waals surface area contributed by atoms with Crippen LogP contribution in [0.2, 0.25) is 0 Å². The molecule has 8 nitrogen and oxygen atoms in total. The van der Waals surface area contributed by atoms with Crippen molar-refractivity contribution in [2.75, 3.05) is 10.6 Å². The third-order valence-corrected chi connectivity index (χ3v) is 3.87. The second-order valence-corrected chi connectivity index (χ2v) is 6.09. The number of nitrogens with one attached hydrogen (secondary N) is 3. The first-order valence-corrected chi connectivity index (χ1v) is 8.41. The molecule has 2 aromatic carbocycles. The van der Waals surface area contributed by atoms with Gasteiger partial charge in [0.2, 0.25) is 5.91 Å².